The van der Waals surface area contributed by atoms with Crippen LogP contribution in [0.15, 0.2) is 24.3 Å². The number of amides is 2. The van der Waals surface area contributed by atoms with Crippen LogP contribution in [0.4, 0.5) is 22.7 Å². The van der Waals surface area contributed by atoms with E-state index >= 15 is 0 Å². The van der Waals surface area contributed by atoms with Crippen LogP contribution in [0, 0.1) is 37.8 Å². The molecule has 0 bridgehead atoms. The minimum atomic E-state index is -0.418. The van der Waals surface area contributed by atoms with Gasteiger partial charge in [-0.3, -0.25) is 19.7 Å². The van der Waals surface area contributed by atoms with Crippen molar-refractivity contribution in [2.75, 3.05) is 68.7 Å². The van der Waals surface area contributed by atoms with Crippen molar-refractivity contribution in [3.05, 3.63) is 56.6 Å². The number of carbonyl (C=O) groups excluding carboxylic acids is 2. The Kier molecular flexibility index (Phi) is 39.0. The van der Waals surface area contributed by atoms with Crippen LogP contribution in [0.3, 0.4) is 0 Å². The summed E-state index contributed by atoms with van der Waals surface area (Å²) >= 11 is 0. The number of quaternary nitrogens is 2. The molecule has 0 spiro atoms. The van der Waals surface area contributed by atoms with E-state index in [1.165, 1.54) is 12.1 Å². The van der Waals surface area contributed by atoms with Gasteiger partial charge in [-0.1, -0.05) is 44.6 Å². The Bertz CT molecular complexity index is 1190. The van der Waals surface area contributed by atoms with Crippen molar-refractivity contribution in [2.45, 2.75) is 114 Å². The lowest BCUT2D eigenvalue weighted by Crippen LogP contribution is -2.52. The first-order chi connectivity index (χ1) is 19.6. The van der Waals surface area contributed by atoms with Crippen LogP contribution in [0.1, 0.15) is 108 Å². The molecule has 0 aliphatic rings. The normalized spacial score (nSPS) is 9.56. The number of hydrogen-bond acceptors (Lipinski definition) is 5. The predicted molar refractivity (Wildman–Crippen MR) is 229 cm³/mol. The highest BCUT2D eigenvalue weighted by Gasteiger charge is 2.26. The van der Waals surface area contributed by atoms with Crippen LogP contribution in [0.5, 0.6) is 0 Å². The van der Waals surface area contributed by atoms with Gasteiger partial charge in [0.1, 0.15) is 0 Å². The summed E-state index contributed by atoms with van der Waals surface area (Å²) in [5, 5.41) is 16.8. The molecule has 2 aromatic rings. The SMILES string of the molecule is C.C.C.C.C.C.CC[N+](CC)(CC)CC(=O)Nc1c(C)cc(N)cc1C.CC[N+](CC)(CC)CC(=O)Nc1c(C)cc([N+](=O)[O-])cc1C.Cl.Cl. The van der Waals surface area contributed by atoms with E-state index in [1.54, 1.807) is 13.8 Å². The highest BCUT2D eigenvalue weighted by Crippen LogP contribution is 2.26. The lowest BCUT2D eigenvalue weighted by Gasteiger charge is -2.35. The minimum absolute atomic E-state index is 0. The van der Waals surface area contributed by atoms with Crippen molar-refractivity contribution in [3.63, 3.8) is 0 Å². The quantitative estimate of drug-likeness (QED) is 0.0812. The van der Waals surface area contributed by atoms with Crippen LogP contribution in [0.25, 0.3) is 0 Å². The van der Waals surface area contributed by atoms with Crippen molar-refractivity contribution in [2.24, 2.45) is 0 Å². The summed E-state index contributed by atoms with van der Waals surface area (Å²) in [7, 11) is 0. The van der Waals surface area contributed by atoms with Gasteiger partial charge < -0.3 is 25.3 Å². The number of nitrogens with zero attached hydrogens (tertiary/aromatic N) is 3. The molecule has 2 rings (SSSR count). The Morgan fingerprint density at radius 2 is 0.840 bits per heavy atom. The molecule has 0 aliphatic heterocycles. The molecule has 0 fully saturated rings. The van der Waals surface area contributed by atoms with Crippen LogP contribution in [-0.2, 0) is 9.59 Å². The largest absolute Gasteiger partial charge is 0.399 e. The van der Waals surface area contributed by atoms with E-state index in [-0.39, 0.29) is 86.9 Å². The number of aryl methyl sites for hydroxylation is 4. The molecular formula is C38H80Cl2N6O4+2. The van der Waals surface area contributed by atoms with Crippen molar-refractivity contribution in [3.8, 4) is 0 Å². The van der Waals surface area contributed by atoms with E-state index in [0.717, 1.165) is 70.7 Å². The molecule has 10 nitrogen and oxygen atoms in total. The van der Waals surface area contributed by atoms with E-state index in [2.05, 4.69) is 52.2 Å². The van der Waals surface area contributed by atoms with Crippen molar-refractivity contribution >= 4 is 59.4 Å². The van der Waals surface area contributed by atoms with Gasteiger partial charge in [-0.05, 0) is 104 Å². The van der Waals surface area contributed by atoms with Crippen LogP contribution in [-0.4, -0.2) is 78.1 Å². The Labute approximate surface area is 321 Å². The molecular weight excluding hydrogens is 675 g/mol. The number of nitro groups is 1. The van der Waals surface area contributed by atoms with Gasteiger partial charge in [0.05, 0.1) is 44.2 Å². The maximum atomic E-state index is 12.4. The van der Waals surface area contributed by atoms with Gasteiger partial charge in [0.15, 0.2) is 13.1 Å². The zero-order valence-electron chi connectivity index (χ0n) is 28.3. The summed E-state index contributed by atoms with van der Waals surface area (Å²) in [5.41, 5.74) is 11.6. The second-order valence-electron chi connectivity index (χ2n) is 11.2. The third kappa shape index (κ3) is 18.4. The zero-order chi connectivity index (χ0) is 32.3. The van der Waals surface area contributed by atoms with E-state index < -0.39 is 4.92 Å². The Hall–Kier alpha value is -2.92. The summed E-state index contributed by atoms with van der Waals surface area (Å²) in [4.78, 5) is 35.1. The van der Waals surface area contributed by atoms with Gasteiger partial charge in [-0.2, -0.15) is 0 Å². The summed E-state index contributed by atoms with van der Waals surface area (Å²) in [6, 6.07) is 6.77. The molecule has 0 radical (unpaired) electrons. The number of anilines is 3. The Morgan fingerprint density at radius 1 is 0.600 bits per heavy atom. The van der Waals surface area contributed by atoms with Crippen molar-refractivity contribution < 1.29 is 23.5 Å². The molecule has 12 heteroatoms. The minimum Gasteiger partial charge on any atom is -0.399 e. The van der Waals surface area contributed by atoms with Gasteiger partial charge in [0.2, 0.25) is 0 Å². The molecule has 0 saturated heterocycles. The second-order valence-corrected chi connectivity index (χ2v) is 11.2. The number of benzene rings is 2. The highest BCUT2D eigenvalue weighted by atomic mass is 35.5. The molecule has 0 unspecified atom stereocenters. The molecule has 2 aromatic carbocycles. The van der Waals surface area contributed by atoms with E-state index in [0.29, 0.717) is 29.9 Å². The molecule has 2 amide bonds. The number of hydrogen-bond donors (Lipinski definition) is 3. The smallest absolute Gasteiger partial charge is 0.279 e. The predicted octanol–water partition coefficient (Wildman–Crippen LogP) is 10.4. The lowest BCUT2D eigenvalue weighted by molar-refractivity contribution is -0.915. The summed E-state index contributed by atoms with van der Waals surface area (Å²) in [6.07, 6.45) is 0. The average Bonchev–Trinajstić information content (AvgIpc) is 2.94. The van der Waals surface area contributed by atoms with Gasteiger partial charge >= 0.3 is 0 Å². The molecule has 298 valence electrons. The number of carbonyl (C=O) groups is 2. The van der Waals surface area contributed by atoms with Gasteiger partial charge in [0.25, 0.3) is 17.5 Å². The molecule has 0 aromatic heterocycles. The van der Waals surface area contributed by atoms with Crippen molar-refractivity contribution in [1.82, 2.24) is 0 Å². The molecule has 0 atom stereocenters. The van der Waals surface area contributed by atoms with Crippen LogP contribution >= 0.6 is 24.8 Å². The number of halogens is 2. The van der Waals surface area contributed by atoms with E-state index in [4.69, 9.17) is 5.73 Å². The van der Waals surface area contributed by atoms with Crippen LogP contribution < -0.4 is 16.4 Å². The number of nitrogens with two attached hydrogens (primary N) is 1. The van der Waals surface area contributed by atoms with E-state index in [9.17, 15) is 19.7 Å². The lowest BCUT2D eigenvalue weighted by atomic mass is 10.1. The molecule has 0 saturated carbocycles. The highest BCUT2D eigenvalue weighted by molar-refractivity contribution is 5.94. The first kappa shape index (κ1) is 65.5. The maximum Gasteiger partial charge on any atom is 0.279 e. The van der Waals surface area contributed by atoms with Crippen molar-refractivity contribution in [1.29, 1.82) is 0 Å². The number of nitrogen functional groups attached to an aromatic ring is 1. The third-order valence-corrected chi connectivity index (χ3v) is 8.80. The fourth-order valence-corrected chi connectivity index (χ4v) is 5.42. The summed E-state index contributed by atoms with van der Waals surface area (Å²) in [6.45, 7) is 26.7. The topological polar surface area (TPSA) is 127 Å². The monoisotopic (exact) mass is 755 g/mol. The fourth-order valence-electron chi connectivity index (χ4n) is 5.42. The number of non-ortho nitro benzene ring substituents is 1. The van der Waals surface area contributed by atoms with Gasteiger partial charge in [-0.25, -0.2) is 0 Å². The van der Waals surface area contributed by atoms with Gasteiger partial charge in [0, 0.05) is 29.2 Å². The standard InChI is InChI=1S/C16H25N3O3.C16H27N3O.6CH4.2ClH/c1-6-19(7-2,8-3)11-15(20)17-16-12(4)9-14(18(21)22)10-13(16)5;1-6-19(7-2,8-3)11-15(20)18-16-12(4)9-14(17)10-13(16)5;;;;;;;;/h9-10H,6-8,11H2,1-5H3;9-10H,6-8,11,17H2,1-5H3;6*1H4;2*1H/p+2. The average molecular weight is 756 g/mol. The van der Waals surface area contributed by atoms with E-state index in [1.807, 2.05) is 26.0 Å². The summed E-state index contributed by atoms with van der Waals surface area (Å²) < 4.78 is 1.55. The number of likely N-dealkylation sites (N-methyl/N-ethyl adjacent to an activating group) is 2. The first-order valence-corrected chi connectivity index (χ1v) is 15.1. The Balaban J connectivity index is -0.000000102. The first-order valence-electron chi connectivity index (χ1n) is 15.1. The van der Waals surface area contributed by atoms with Gasteiger partial charge in [-0.15, -0.1) is 24.8 Å². The number of rotatable bonds is 13. The molecule has 50 heavy (non-hydrogen) atoms. The third-order valence-electron chi connectivity index (χ3n) is 8.80. The number of nitro benzene ring substituents is 1. The number of nitrogens with one attached hydrogen (secondary N) is 2. The maximum absolute atomic E-state index is 12.4. The molecule has 4 N–H and O–H groups in total. The molecule has 0 aliphatic carbocycles. The fraction of sp³-hybridized carbons (Fsp3) is 0.632. The summed E-state index contributed by atoms with van der Waals surface area (Å²) in [5.74, 6) is 0.0251. The second kappa shape index (κ2) is 29.8. The Morgan fingerprint density at radius 3 is 1.06 bits per heavy atom. The zero-order valence-corrected chi connectivity index (χ0v) is 30.0. The molecule has 0 heterocycles. The van der Waals surface area contributed by atoms with Crippen LogP contribution in [0.2, 0.25) is 0 Å².